The van der Waals surface area contributed by atoms with Gasteiger partial charge < -0.3 is 14.8 Å². The molecule has 0 aliphatic rings. The van der Waals surface area contributed by atoms with Gasteiger partial charge in [0.25, 0.3) is 5.91 Å². The number of nitrogens with one attached hydrogen (secondary N) is 1. The van der Waals surface area contributed by atoms with E-state index in [9.17, 15) is 4.79 Å². The number of benzene rings is 2. The average molecular weight is 296 g/mol. The van der Waals surface area contributed by atoms with Crippen LogP contribution >= 0.6 is 0 Å². The summed E-state index contributed by atoms with van der Waals surface area (Å²) < 4.78 is 10.6. The van der Waals surface area contributed by atoms with Crippen molar-refractivity contribution in [3.05, 3.63) is 54.1 Å². The lowest BCUT2D eigenvalue weighted by atomic mass is 10.2. The fraction of sp³-hybridized carbons (Fsp3) is 0.176. The lowest BCUT2D eigenvalue weighted by molar-refractivity contribution is -0.122. The summed E-state index contributed by atoms with van der Waals surface area (Å²) in [5, 5.41) is 11.5. The molecule has 0 aliphatic carbocycles. The van der Waals surface area contributed by atoms with Gasteiger partial charge in [-0.3, -0.25) is 4.79 Å². The van der Waals surface area contributed by atoms with Gasteiger partial charge in [0.1, 0.15) is 11.5 Å². The second-order valence-electron chi connectivity index (χ2n) is 4.61. The number of hydrogen-bond acceptors (Lipinski definition) is 4. The van der Waals surface area contributed by atoms with Gasteiger partial charge in [0.05, 0.1) is 18.7 Å². The molecule has 0 bridgehead atoms. The van der Waals surface area contributed by atoms with E-state index in [2.05, 4.69) is 5.32 Å². The van der Waals surface area contributed by atoms with Crippen molar-refractivity contribution in [2.75, 3.05) is 12.4 Å². The molecule has 5 nitrogen and oxygen atoms in total. The van der Waals surface area contributed by atoms with E-state index in [-0.39, 0.29) is 5.91 Å². The fourth-order valence-electron chi connectivity index (χ4n) is 1.78. The van der Waals surface area contributed by atoms with Gasteiger partial charge in [-0.2, -0.15) is 5.26 Å². The molecule has 0 unspecified atom stereocenters. The normalized spacial score (nSPS) is 11.1. The van der Waals surface area contributed by atoms with Crippen LogP contribution in [0.2, 0.25) is 0 Å². The number of ether oxygens (including phenoxy) is 2. The summed E-state index contributed by atoms with van der Waals surface area (Å²) in [4.78, 5) is 12.1. The van der Waals surface area contributed by atoms with E-state index in [0.717, 1.165) is 5.75 Å². The molecule has 0 aromatic heterocycles. The van der Waals surface area contributed by atoms with Crippen LogP contribution in [-0.4, -0.2) is 19.1 Å². The number of methoxy groups -OCH3 is 1. The summed E-state index contributed by atoms with van der Waals surface area (Å²) in [6.45, 7) is 1.66. The highest BCUT2D eigenvalue weighted by atomic mass is 16.5. The molecule has 2 rings (SSSR count). The van der Waals surface area contributed by atoms with Crippen molar-refractivity contribution < 1.29 is 14.3 Å². The summed E-state index contributed by atoms with van der Waals surface area (Å²) >= 11 is 0. The van der Waals surface area contributed by atoms with Crippen LogP contribution in [0.15, 0.2) is 48.5 Å². The lowest BCUT2D eigenvalue weighted by Crippen LogP contribution is -2.30. The van der Waals surface area contributed by atoms with Gasteiger partial charge in [-0.25, -0.2) is 0 Å². The molecule has 0 saturated heterocycles. The SMILES string of the molecule is COc1ccc(NC(=O)[C@H](C)Oc2ccc(C#N)cc2)cc1. The van der Waals surface area contributed by atoms with E-state index in [0.29, 0.717) is 17.0 Å². The Morgan fingerprint density at radius 1 is 1.09 bits per heavy atom. The molecule has 1 atom stereocenters. The van der Waals surface area contributed by atoms with Gasteiger partial charge >= 0.3 is 0 Å². The van der Waals surface area contributed by atoms with Crippen molar-refractivity contribution in [3.63, 3.8) is 0 Å². The first-order valence-corrected chi connectivity index (χ1v) is 6.74. The van der Waals surface area contributed by atoms with E-state index in [1.807, 2.05) is 6.07 Å². The molecule has 0 aliphatic heterocycles. The summed E-state index contributed by atoms with van der Waals surface area (Å²) in [5.74, 6) is 1.01. The number of carbonyl (C=O) groups excluding carboxylic acids is 1. The summed E-state index contributed by atoms with van der Waals surface area (Å²) in [5.41, 5.74) is 1.21. The largest absolute Gasteiger partial charge is 0.497 e. The van der Waals surface area contributed by atoms with Crippen molar-refractivity contribution in [2.24, 2.45) is 0 Å². The maximum Gasteiger partial charge on any atom is 0.265 e. The van der Waals surface area contributed by atoms with Crippen LogP contribution in [0, 0.1) is 11.3 Å². The Morgan fingerprint density at radius 2 is 1.68 bits per heavy atom. The smallest absolute Gasteiger partial charge is 0.265 e. The van der Waals surface area contributed by atoms with Gasteiger partial charge in [-0.15, -0.1) is 0 Å². The third-order valence-corrected chi connectivity index (χ3v) is 3.02. The predicted octanol–water partition coefficient (Wildman–Crippen LogP) is 2.97. The number of nitrogens with zero attached hydrogens (tertiary/aromatic N) is 1. The quantitative estimate of drug-likeness (QED) is 0.920. The Labute approximate surface area is 129 Å². The van der Waals surface area contributed by atoms with Gasteiger partial charge in [0.15, 0.2) is 6.10 Å². The van der Waals surface area contributed by atoms with Gasteiger partial charge in [-0.05, 0) is 55.5 Å². The van der Waals surface area contributed by atoms with Crippen LogP contribution < -0.4 is 14.8 Å². The first-order valence-electron chi connectivity index (χ1n) is 6.74. The molecule has 0 spiro atoms. The van der Waals surface area contributed by atoms with Crippen molar-refractivity contribution in [1.82, 2.24) is 0 Å². The molecule has 1 amide bonds. The monoisotopic (exact) mass is 296 g/mol. The Balaban J connectivity index is 1.94. The molecule has 0 heterocycles. The van der Waals surface area contributed by atoms with Crippen LogP contribution in [0.3, 0.4) is 0 Å². The van der Waals surface area contributed by atoms with E-state index < -0.39 is 6.10 Å². The number of nitriles is 1. The number of amides is 1. The summed E-state index contributed by atoms with van der Waals surface area (Å²) in [6, 6.07) is 15.7. The highest BCUT2D eigenvalue weighted by Gasteiger charge is 2.14. The van der Waals surface area contributed by atoms with E-state index in [4.69, 9.17) is 14.7 Å². The second-order valence-corrected chi connectivity index (χ2v) is 4.61. The first-order chi connectivity index (χ1) is 10.6. The standard InChI is InChI=1S/C17H16N2O3/c1-12(22-16-7-3-13(11-18)4-8-16)17(20)19-14-5-9-15(21-2)10-6-14/h3-10,12H,1-2H3,(H,19,20)/t12-/m0/s1. The average Bonchev–Trinajstić information content (AvgIpc) is 2.56. The third-order valence-electron chi connectivity index (χ3n) is 3.02. The maximum absolute atomic E-state index is 12.1. The number of anilines is 1. The van der Waals surface area contributed by atoms with Crippen LogP contribution in [0.5, 0.6) is 11.5 Å². The predicted molar refractivity (Wildman–Crippen MR) is 82.9 cm³/mol. The van der Waals surface area contributed by atoms with Crippen molar-refractivity contribution in [3.8, 4) is 17.6 Å². The molecule has 112 valence electrons. The number of rotatable bonds is 5. The minimum atomic E-state index is -0.657. The molecule has 22 heavy (non-hydrogen) atoms. The first kappa shape index (κ1) is 15.4. The lowest BCUT2D eigenvalue weighted by Gasteiger charge is -2.15. The summed E-state index contributed by atoms with van der Waals surface area (Å²) in [7, 11) is 1.58. The van der Waals surface area contributed by atoms with Crippen LogP contribution in [0.25, 0.3) is 0 Å². The molecule has 2 aromatic rings. The highest BCUT2D eigenvalue weighted by Crippen LogP contribution is 2.17. The fourth-order valence-corrected chi connectivity index (χ4v) is 1.78. The Bertz CT molecular complexity index is 673. The molecule has 1 N–H and O–H groups in total. The van der Waals surface area contributed by atoms with Crippen molar-refractivity contribution in [1.29, 1.82) is 5.26 Å². The van der Waals surface area contributed by atoms with Crippen LogP contribution in [0.1, 0.15) is 12.5 Å². The minimum absolute atomic E-state index is 0.255. The second kappa shape index (κ2) is 7.14. The van der Waals surface area contributed by atoms with Crippen LogP contribution in [0.4, 0.5) is 5.69 Å². The number of carbonyl (C=O) groups is 1. The molecule has 5 heteroatoms. The molecule has 2 aromatic carbocycles. The van der Waals surface area contributed by atoms with E-state index >= 15 is 0 Å². The topological polar surface area (TPSA) is 71.3 Å². The zero-order valence-electron chi connectivity index (χ0n) is 12.4. The Kier molecular flexibility index (Phi) is 4.99. The Morgan fingerprint density at radius 3 is 2.23 bits per heavy atom. The molecule has 0 radical (unpaired) electrons. The van der Waals surface area contributed by atoms with E-state index in [1.54, 1.807) is 62.6 Å². The molecular formula is C17H16N2O3. The molecule has 0 fully saturated rings. The highest BCUT2D eigenvalue weighted by molar-refractivity contribution is 5.94. The van der Waals surface area contributed by atoms with Gasteiger partial charge in [0, 0.05) is 5.69 Å². The number of hydrogen-bond donors (Lipinski definition) is 1. The van der Waals surface area contributed by atoms with Crippen molar-refractivity contribution >= 4 is 11.6 Å². The van der Waals surface area contributed by atoms with Gasteiger partial charge in [0.2, 0.25) is 0 Å². The van der Waals surface area contributed by atoms with Crippen LogP contribution in [-0.2, 0) is 4.79 Å². The van der Waals surface area contributed by atoms with E-state index in [1.165, 1.54) is 0 Å². The van der Waals surface area contributed by atoms with Gasteiger partial charge in [-0.1, -0.05) is 0 Å². The minimum Gasteiger partial charge on any atom is -0.497 e. The van der Waals surface area contributed by atoms with Crippen molar-refractivity contribution in [2.45, 2.75) is 13.0 Å². The zero-order valence-corrected chi connectivity index (χ0v) is 12.4. The molecular weight excluding hydrogens is 280 g/mol. The Hall–Kier alpha value is -3.00. The molecule has 0 saturated carbocycles. The zero-order chi connectivity index (χ0) is 15.9. The third kappa shape index (κ3) is 4.00. The maximum atomic E-state index is 12.1. The summed E-state index contributed by atoms with van der Waals surface area (Å²) in [6.07, 6.45) is -0.657.